The number of carbonyl (C=O) groups excluding carboxylic acids is 2. The van der Waals surface area contributed by atoms with Gasteiger partial charge in [0.2, 0.25) is 5.91 Å². The molecule has 1 aromatic carbocycles. The first-order valence-electron chi connectivity index (χ1n) is 7.54. The summed E-state index contributed by atoms with van der Waals surface area (Å²) < 4.78 is 19.2. The number of ether oxygens (including phenoxy) is 1. The molecular formula is C17H23FN2O3. The molecular weight excluding hydrogens is 299 g/mol. The van der Waals surface area contributed by atoms with E-state index in [1.165, 1.54) is 25.1 Å². The molecule has 0 aliphatic heterocycles. The predicted molar refractivity (Wildman–Crippen MR) is 85.8 cm³/mol. The van der Waals surface area contributed by atoms with Crippen molar-refractivity contribution in [2.45, 2.75) is 45.8 Å². The number of amides is 2. The van der Waals surface area contributed by atoms with Crippen molar-refractivity contribution in [2.24, 2.45) is 5.41 Å². The molecule has 6 heteroatoms. The highest BCUT2D eigenvalue weighted by Crippen LogP contribution is 2.51. The van der Waals surface area contributed by atoms with E-state index in [1.807, 2.05) is 20.8 Å². The van der Waals surface area contributed by atoms with Crippen molar-refractivity contribution < 1.29 is 18.7 Å². The average molecular weight is 322 g/mol. The Morgan fingerprint density at radius 1 is 1.30 bits per heavy atom. The first-order valence-corrected chi connectivity index (χ1v) is 7.54. The summed E-state index contributed by atoms with van der Waals surface area (Å²) in [5.41, 5.74) is -0.191. The van der Waals surface area contributed by atoms with Gasteiger partial charge >= 0.3 is 0 Å². The molecule has 23 heavy (non-hydrogen) atoms. The van der Waals surface area contributed by atoms with Crippen molar-refractivity contribution in [3.05, 3.63) is 29.6 Å². The van der Waals surface area contributed by atoms with Crippen molar-refractivity contribution in [1.29, 1.82) is 0 Å². The lowest BCUT2D eigenvalue weighted by atomic mass is 9.56. The van der Waals surface area contributed by atoms with E-state index in [0.717, 1.165) is 0 Å². The van der Waals surface area contributed by atoms with Gasteiger partial charge in [-0.2, -0.15) is 0 Å². The van der Waals surface area contributed by atoms with Crippen LogP contribution < -0.4 is 10.6 Å². The van der Waals surface area contributed by atoms with Crippen LogP contribution in [0.15, 0.2) is 18.2 Å². The Hall–Kier alpha value is -1.95. The molecule has 0 bridgehead atoms. The Morgan fingerprint density at radius 3 is 2.48 bits per heavy atom. The molecule has 2 atom stereocenters. The smallest absolute Gasteiger partial charge is 0.251 e. The van der Waals surface area contributed by atoms with Crippen LogP contribution in [0.5, 0.6) is 0 Å². The van der Waals surface area contributed by atoms with E-state index in [4.69, 9.17) is 4.74 Å². The summed E-state index contributed by atoms with van der Waals surface area (Å²) in [6.45, 7) is 7.38. The highest BCUT2D eigenvalue weighted by Gasteiger charge is 2.58. The molecule has 0 radical (unpaired) electrons. The van der Waals surface area contributed by atoms with Gasteiger partial charge in [0.25, 0.3) is 5.91 Å². The zero-order valence-corrected chi connectivity index (χ0v) is 14.1. The normalized spacial score (nSPS) is 25.4. The lowest BCUT2D eigenvalue weighted by Crippen LogP contribution is -2.68. The fourth-order valence-corrected chi connectivity index (χ4v) is 2.92. The van der Waals surface area contributed by atoms with Crippen molar-refractivity contribution in [2.75, 3.05) is 12.4 Å². The van der Waals surface area contributed by atoms with Crippen molar-refractivity contribution >= 4 is 17.5 Å². The molecule has 1 aliphatic rings. The van der Waals surface area contributed by atoms with Gasteiger partial charge < -0.3 is 15.4 Å². The number of carbonyl (C=O) groups is 2. The number of nitrogens with one attached hydrogen (secondary N) is 2. The lowest BCUT2D eigenvalue weighted by Gasteiger charge is -2.59. The van der Waals surface area contributed by atoms with Crippen LogP contribution in [0.2, 0.25) is 0 Å². The summed E-state index contributed by atoms with van der Waals surface area (Å²) >= 11 is 0. The second-order valence-electron chi connectivity index (χ2n) is 6.76. The Labute approximate surface area is 135 Å². The molecule has 2 N–H and O–H groups in total. The molecule has 0 aromatic heterocycles. The fourth-order valence-electron chi connectivity index (χ4n) is 2.92. The van der Waals surface area contributed by atoms with Crippen molar-refractivity contribution in [1.82, 2.24) is 5.32 Å². The number of benzene rings is 1. The zero-order valence-electron chi connectivity index (χ0n) is 14.1. The number of hydrogen-bond acceptors (Lipinski definition) is 3. The van der Waals surface area contributed by atoms with Gasteiger partial charge in [-0.25, -0.2) is 4.39 Å². The van der Waals surface area contributed by atoms with E-state index in [9.17, 15) is 14.0 Å². The van der Waals surface area contributed by atoms with E-state index in [1.54, 1.807) is 7.11 Å². The van der Waals surface area contributed by atoms with Gasteiger partial charge in [-0.1, -0.05) is 13.8 Å². The van der Waals surface area contributed by atoms with Gasteiger partial charge in [-0.15, -0.1) is 0 Å². The van der Waals surface area contributed by atoms with Crippen LogP contribution in [0.25, 0.3) is 0 Å². The highest BCUT2D eigenvalue weighted by molar-refractivity contribution is 5.97. The third-order valence-electron chi connectivity index (χ3n) is 5.12. The van der Waals surface area contributed by atoms with E-state index in [2.05, 4.69) is 10.6 Å². The first kappa shape index (κ1) is 17.4. The summed E-state index contributed by atoms with van der Waals surface area (Å²) in [6.07, 6.45) is 0.710. The van der Waals surface area contributed by atoms with Crippen LogP contribution in [0.4, 0.5) is 10.1 Å². The fraction of sp³-hybridized carbons (Fsp3) is 0.529. The monoisotopic (exact) mass is 322 g/mol. The van der Waals surface area contributed by atoms with Crippen LogP contribution in [0.1, 0.15) is 44.5 Å². The lowest BCUT2D eigenvalue weighted by molar-refractivity contribution is -0.177. The summed E-state index contributed by atoms with van der Waals surface area (Å²) in [4.78, 5) is 23.5. The maximum absolute atomic E-state index is 13.6. The Kier molecular flexibility index (Phi) is 4.48. The maximum Gasteiger partial charge on any atom is 0.251 e. The number of rotatable bonds is 4. The van der Waals surface area contributed by atoms with E-state index in [-0.39, 0.29) is 28.7 Å². The van der Waals surface area contributed by atoms with Crippen LogP contribution in [-0.4, -0.2) is 30.6 Å². The van der Waals surface area contributed by atoms with Crippen LogP contribution in [0, 0.1) is 11.2 Å². The minimum absolute atomic E-state index is 0.000232. The molecule has 5 nitrogen and oxygen atoms in total. The SMILES string of the molecule is COC1(C)CC(NC(=O)c2ccc(F)c(NC(C)=O)c2)C1(C)C. The number of anilines is 1. The van der Waals surface area contributed by atoms with E-state index >= 15 is 0 Å². The predicted octanol–water partition coefficient (Wildman–Crippen LogP) is 2.72. The van der Waals surface area contributed by atoms with E-state index in [0.29, 0.717) is 12.0 Å². The third-order valence-corrected chi connectivity index (χ3v) is 5.12. The van der Waals surface area contributed by atoms with Gasteiger partial charge in [-0.05, 0) is 31.5 Å². The first-order chi connectivity index (χ1) is 10.6. The average Bonchev–Trinajstić information content (AvgIpc) is 2.48. The molecule has 1 saturated carbocycles. The van der Waals surface area contributed by atoms with Gasteiger partial charge in [0.1, 0.15) is 5.82 Å². The zero-order chi connectivity index (χ0) is 17.4. The molecule has 0 spiro atoms. The second-order valence-corrected chi connectivity index (χ2v) is 6.76. The quantitative estimate of drug-likeness (QED) is 0.895. The molecule has 1 aliphatic carbocycles. The molecule has 1 aromatic rings. The molecule has 126 valence electrons. The minimum Gasteiger partial charge on any atom is -0.378 e. The summed E-state index contributed by atoms with van der Waals surface area (Å²) in [6, 6.07) is 3.88. The van der Waals surface area contributed by atoms with Crippen molar-refractivity contribution in [3.63, 3.8) is 0 Å². The highest BCUT2D eigenvalue weighted by atomic mass is 19.1. The van der Waals surface area contributed by atoms with E-state index < -0.39 is 11.7 Å². The maximum atomic E-state index is 13.6. The largest absolute Gasteiger partial charge is 0.378 e. The Bertz CT molecular complexity index is 645. The second kappa shape index (κ2) is 5.92. The Morgan fingerprint density at radius 2 is 1.96 bits per heavy atom. The summed E-state index contributed by atoms with van der Waals surface area (Å²) in [5, 5.41) is 5.33. The molecule has 0 saturated heterocycles. The van der Waals surface area contributed by atoms with Gasteiger partial charge in [-0.3, -0.25) is 9.59 Å². The molecule has 2 unspecified atom stereocenters. The number of halogens is 1. The molecule has 1 fully saturated rings. The summed E-state index contributed by atoms with van der Waals surface area (Å²) in [5.74, 6) is -1.27. The van der Waals surface area contributed by atoms with Gasteiger partial charge in [0.05, 0.1) is 11.3 Å². The topological polar surface area (TPSA) is 67.4 Å². The standard InChI is InChI=1S/C17H23FN2O3/c1-10(21)19-13-8-11(6-7-12(13)18)15(22)20-14-9-17(4,23-5)16(14,2)3/h6-8,14H,9H2,1-5H3,(H,19,21)(H,20,22). The van der Waals surface area contributed by atoms with Gasteiger partial charge in [0.15, 0.2) is 0 Å². The Balaban J connectivity index is 2.12. The van der Waals surface area contributed by atoms with Crippen LogP contribution in [-0.2, 0) is 9.53 Å². The molecule has 0 heterocycles. The third kappa shape index (κ3) is 3.08. The number of hydrogen-bond donors (Lipinski definition) is 2. The van der Waals surface area contributed by atoms with Crippen LogP contribution in [0.3, 0.4) is 0 Å². The van der Waals surface area contributed by atoms with Crippen LogP contribution >= 0.6 is 0 Å². The minimum atomic E-state index is -0.576. The molecule has 2 amide bonds. The molecule has 2 rings (SSSR count). The van der Waals surface area contributed by atoms with Gasteiger partial charge in [0, 0.05) is 31.1 Å². The van der Waals surface area contributed by atoms with Crippen molar-refractivity contribution in [3.8, 4) is 0 Å². The number of methoxy groups -OCH3 is 1. The summed E-state index contributed by atoms with van der Waals surface area (Å²) in [7, 11) is 1.67.